The Hall–Kier alpha value is -1.34. The third kappa shape index (κ3) is 3.36. The minimum atomic E-state index is 0. The van der Waals surface area contributed by atoms with Crippen molar-refractivity contribution in [2.75, 3.05) is 0 Å². The molecular weight excluding hydrogens is 254 g/mol. The minimum Gasteiger partial charge on any atom is -0.202 e. The standard InChI is InChI=1S/C17H20N.ClH/c1-2-7-15(8-3-1)12-14-18-13-6-10-16-9-4-5-11-17(16)18;/h1-3,6-8,10,13H,4-5,9,11-12,14H2;1H/q+1;. The van der Waals surface area contributed by atoms with Gasteiger partial charge in [-0.2, -0.15) is 0 Å². The molecule has 1 aromatic carbocycles. The van der Waals surface area contributed by atoms with Gasteiger partial charge >= 0.3 is 0 Å². The molecule has 1 aliphatic rings. The van der Waals surface area contributed by atoms with Crippen LogP contribution >= 0.6 is 12.4 Å². The van der Waals surface area contributed by atoms with E-state index >= 15 is 0 Å². The number of hydrogen-bond acceptors (Lipinski definition) is 0. The Labute approximate surface area is 121 Å². The zero-order valence-electron chi connectivity index (χ0n) is 11.2. The van der Waals surface area contributed by atoms with Gasteiger partial charge in [0.15, 0.2) is 18.4 Å². The van der Waals surface area contributed by atoms with Crippen LogP contribution in [0.2, 0.25) is 0 Å². The molecule has 0 saturated heterocycles. The molecule has 19 heavy (non-hydrogen) atoms. The molecule has 0 amide bonds. The van der Waals surface area contributed by atoms with E-state index in [0.29, 0.717) is 0 Å². The molecule has 1 aromatic heterocycles. The monoisotopic (exact) mass is 274 g/mol. The molecule has 0 N–H and O–H groups in total. The topological polar surface area (TPSA) is 3.88 Å². The summed E-state index contributed by atoms with van der Waals surface area (Å²) in [5, 5.41) is 0. The van der Waals surface area contributed by atoms with Crippen molar-refractivity contribution in [2.45, 2.75) is 38.6 Å². The van der Waals surface area contributed by atoms with E-state index in [2.05, 4.69) is 53.2 Å². The van der Waals surface area contributed by atoms with Crippen LogP contribution in [0.15, 0.2) is 48.7 Å². The summed E-state index contributed by atoms with van der Waals surface area (Å²) in [6.07, 6.45) is 8.60. The van der Waals surface area contributed by atoms with Crippen LogP contribution in [0.1, 0.15) is 29.7 Å². The number of benzene rings is 1. The van der Waals surface area contributed by atoms with Crippen LogP contribution in [0.25, 0.3) is 0 Å². The second-order valence-electron chi connectivity index (χ2n) is 5.12. The molecule has 0 saturated carbocycles. The smallest absolute Gasteiger partial charge is 0.184 e. The predicted molar refractivity (Wildman–Crippen MR) is 80.7 cm³/mol. The van der Waals surface area contributed by atoms with Crippen molar-refractivity contribution in [1.82, 2.24) is 0 Å². The molecule has 1 heterocycles. The van der Waals surface area contributed by atoms with Crippen LogP contribution in [-0.4, -0.2) is 0 Å². The number of aryl methyl sites for hydroxylation is 3. The first-order valence-electron chi connectivity index (χ1n) is 6.97. The first-order valence-corrected chi connectivity index (χ1v) is 6.97. The number of rotatable bonds is 3. The fourth-order valence-electron chi connectivity index (χ4n) is 2.88. The Bertz CT molecular complexity index is 522. The van der Waals surface area contributed by atoms with Crippen LogP contribution in [-0.2, 0) is 25.8 Å². The van der Waals surface area contributed by atoms with Crippen LogP contribution < -0.4 is 4.57 Å². The van der Waals surface area contributed by atoms with Gasteiger partial charge in [0.25, 0.3) is 0 Å². The highest BCUT2D eigenvalue weighted by molar-refractivity contribution is 5.85. The third-order valence-corrected chi connectivity index (χ3v) is 3.87. The lowest BCUT2D eigenvalue weighted by molar-refractivity contribution is -0.704. The number of halogens is 1. The molecule has 0 fully saturated rings. The number of nitrogens with zero attached hydrogens (tertiary/aromatic N) is 1. The summed E-state index contributed by atoms with van der Waals surface area (Å²) in [5.74, 6) is 0. The lowest BCUT2D eigenvalue weighted by atomic mass is 9.95. The first-order chi connectivity index (χ1) is 8.93. The average Bonchev–Trinajstić information content (AvgIpc) is 2.46. The number of aromatic nitrogens is 1. The third-order valence-electron chi connectivity index (χ3n) is 3.87. The number of fused-ring (bicyclic) bond motifs is 1. The van der Waals surface area contributed by atoms with Gasteiger partial charge in [0.2, 0.25) is 0 Å². The first kappa shape index (κ1) is 14.1. The summed E-state index contributed by atoms with van der Waals surface area (Å²) in [7, 11) is 0. The van der Waals surface area contributed by atoms with Gasteiger partial charge in [-0.1, -0.05) is 30.3 Å². The molecule has 0 radical (unpaired) electrons. The maximum Gasteiger partial charge on any atom is 0.184 e. The molecule has 2 aromatic rings. The summed E-state index contributed by atoms with van der Waals surface area (Å²) in [6.45, 7) is 1.10. The fraction of sp³-hybridized carbons (Fsp3) is 0.353. The zero-order chi connectivity index (χ0) is 12.2. The Balaban J connectivity index is 0.00000133. The summed E-state index contributed by atoms with van der Waals surface area (Å²) in [5.41, 5.74) is 4.56. The van der Waals surface area contributed by atoms with Gasteiger partial charge in [-0.25, -0.2) is 4.57 Å². The molecule has 1 aliphatic carbocycles. The number of hydrogen-bond donors (Lipinski definition) is 0. The van der Waals surface area contributed by atoms with E-state index < -0.39 is 0 Å². The van der Waals surface area contributed by atoms with E-state index in [1.807, 2.05) is 0 Å². The van der Waals surface area contributed by atoms with Crippen LogP contribution in [0.4, 0.5) is 0 Å². The van der Waals surface area contributed by atoms with Crippen molar-refractivity contribution >= 4 is 12.4 Å². The highest BCUT2D eigenvalue weighted by Crippen LogP contribution is 2.17. The second kappa shape index (κ2) is 6.72. The van der Waals surface area contributed by atoms with Crippen molar-refractivity contribution in [1.29, 1.82) is 0 Å². The largest absolute Gasteiger partial charge is 0.202 e. The van der Waals surface area contributed by atoms with E-state index in [1.54, 1.807) is 11.3 Å². The van der Waals surface area contributed by atoms with Crippen molar-refractivity contribution < 1.29 is 4.57 Å². The Kier molecular flexibility index (Phi) is 4.98. The molecule has 100 valence electrons. The molecule has 3 rings (SSSR count). The number of pyridine rings is 1. The summed E-state index contributed by atoms with van der Waals surface area (Å²) >= 11 is 0. The summed E-state index contributed by atoms with van der Waals surface area (Å²) < 4.78 is 2.46. The predicted octanol–water partition coefficient (Wildman–Crippen LogP) is 3.52. The van der Waals surface area contributed by atoms with Crippen molar-refractivity contribution in [3.8, 4) is 0 Å². The van der Waals surface area contributed by atoms with E-state index in [1.165, 1.54) is 31.2 Å². The second-order valence-corrected chi connectivity index (χ2v) is 5.12. The van der Waals surface area contributed by atoms with Crippen molar-refractivity contribution in [3.63, 3.8) is 0 Å². The quantitative estimate of drug-likeness (QED) is 0.754. The van der Waals surface area contributed by atoms with Gasteiger partial charge in [0.1, 0.15) is 0 Å². The highest BCUT2D eigenvalue weighted by Gasteiger charge is 2.18. The van der Waals surface area contributed by atoms with Gasteiger partial charge in [-0.15, -0.1) is 12.4 Å². The van der Waals surface area contributed by atoms with E-state index in [9.17, 15) is 0 Å². The van der Waals surface area contributed by atoms with Crippen LogP contribution in [0, 0.1) is 0 Å². The maximum atomic E-state index is 2.46. The molecule has 1 nitrogen and oxygen atoms in total. The molecule has 0 atom stereocenters. The molecule has 0 unspecified atom stereocenters. The van der Waals surface area contributed by atoms with Gasteiger partial charge in [0.05, 0.1) is 0 Å². The van der Waals surface area contributed by atoms with E-state index in [-0.39, 0.29) is 12.4 Å². The molecule has 0 bridgehead atoms. The van der Waals surface area contributed by atoms with Gasteiger partial charge in [0, 0.05) is 24.5 Å². The molecule has 0 spiro atoms. The van der Waals surface area contributed by atoms with Crippen LogP contribution in [0.5, 0.6) is 0 Å². The molecule has 0 aliphatic heterocycles. The summed E-state index contributed by atoms with van der Waals surface area (Å²) in [4.78, 5) is 0. The Morgan fingerprint density at radius 2 is 1.68 bits per heavy atom. The van der Waals surface area contributed by atoms with Crippen molar-refractivity contribution in [2.24, 2.45) is 0 Å². The average molecular weight is 275 g/mol. The van der Waals surface area contributed by atoms with Crippen LogP contribution in [0.3, 0.4) is 0 Å². The lowest BCUT2D eigenvalue weighted by Crippen LogP contribution is -2.41. The van der Waals surface area contributed by atoms with Crippen molar-refractivity contribution in [3.05, 3.63) is 65.5 Å². The minimum absolute atomic E-state index is 0. The normalized spacial score (nSPS) is 13.5. The molecule has 2 heteroatoms. The maximum absolute atomic E-state index is 2.46. The summed E-state index contributed by atoms with van der Waals surface area (Å²) in [6, 6.07) is 15.3. The van der Waals surface area contributed by atoms with E-state index in [0.717, 1.165) is 13.0 Å². The van der Waals surface area contributed by atoms with Gasteiger partial charge < -0.3 is 0 Å². The Morgan fingerprint density at radius 3 is 2.53 bits per heavy atom. The zero-order valence-corrected chi connectivity index (χ0v) is 12.0. The Morgan fingerprint density at radius 1 is 0.895 bits per heavy atom. The SMILES string of the molecule is Cl.c1ccc(CC[n+]2cccc3c2CCCC3)cc1. The van der Waals surface area contributed by atoms with Gasteiger partial charge in [-0.05, 0) is 30.9 Å². The fourth-order valence-corrected chi connectivity index (χ4v) is 2.88. The lowest BCUT2D eigenvalue weighted by Gasteiger charge is -2.13. The molecular formula is C17H21ClN+. The van der Waals surface area contributed by atoms with E-state index in [4.69, 9.17) is 0 Å². The van der Waals surface area contributed by atoms with Gasteiger partial charge in [-0.3, -0.25) is 0 Å². The highest BCUT2D eigenvalue weighted by atomic mass is 35.5.